The van der Waals surface area contributed by atoms with Gasteiger partial charge in [0, 0.05) is 11.8 Å². The predicted octanol–water partition coefficient (Wildman–Crippen LogP) is 0.139. The summed E-state index contributed by atoms with van der Waals surface area (Å²) >= 11 is 0. The van der Waals surface area contributed by atoms with Crippen LogP contribution in [-0.4, -0.2) is 39.1 Å². The zero-order valence-corrected chi connectivity index (χ0v) is 12.1. The van der Waals surface area contributed by atoms with Crippen molar-refractivity contribution in [1.82, 2.24) is 5.32 Å². The van der Waals surface area contributed by atoms with Gasteiger partial charge in [0.05, 0.1) is 27.3 Å². The molecule has 0 spiro atoms. The number of halogens is 1. The molecule has 2 amide bonds. The number of methoxy groups -OCH3 is 2. The van der Waals surface area contributed by atoms with Gasteiger partial charge in [-0.25, -0.2) is 0 Å². The Labute approximate surface area is 123 Å². The summed E-state index contributed by atoms with van der Waals surface area (Å²) in [6.07, 6.45) is 0. The van der Waals surface area contributed by atoms with Crippen LogP contribution >= 0.6 is 12.4 Å². The molecule has 0 aliphatic carbocycles. The van der Waals surface area contributed by atoms with E-state index < -0.39 is 0 Å². The average Bonchev–Trinajstić information content (AvgIpc) is 2.44. The van der Waals surface area contributed by atoms with Gasteiger partial charge in [-0.1, -0.05) is 0 Å². The number of carbonyl (C=O) groups excluding carboxylic acids is 2. The van der Waals surface area contributed by atoms with Crippen molar-refractivity contribution in [3.8, 4) is 11.5 Å². The fraction of sp³-hybridized carbons (Fsp3) is 0.333. The lowest BCUT2D eigenvalue weighted by molar-refractivity contribution is -0.123. The number of rotatable bonds is 6. The van der Waals surface area contributed by atoms with Crippen LogP contribution in [0.5, 0.6) is 11.5 Å². The summed E-state index contributed by atoms with van der Waals surface area (Å²) in [4.78, 5) is 22.4. The van der Waals surface area contributed by atoms with Gasteiger partial charge in [0.1, 0.15) is 0 Å². The molecule has 0 heterocycles. The number of hydrogen-bond acceptors (Lipinski definition) is 5. The standard InChI is InChI=1S/C12H17N3O4.ClH/c1-18-9-4-3-8(5-10(9)19-2)15-12(17)7-14-11(16)6-13;/h3-5H,6-7,13H2,1-2H3,(H,14,16)(H,15,17);1H. The van der Waals surface area contributed by atoms with E-state index in [-0.39, 0.29) is 37.3 Å². The van der Waals surface area contributed by atoms with Gasteiger partial charge >= 0.3 is 0 Å². The first-order chi connectivity index (χ1) is 9.10. The number of nitrogens with one attached hydrogen (secondary N) is 2. The summed E-state index contributed by atoms with van der Waals surface area (Å²) in [6.45, 7) is -0.284. The zero-order chi connectivity index (χ0) is 14.3. The largest absolute Gasteiger partial charge is 0.493 e. The van der Waals surface area contributed by atoms with Gasteiger partial charge in [-0.15, -0.1) is 12.4 Å². The number of ether oxygens (including phenoxy) is 2. The molecule has 0 radical (unpaired) electrons. The van der Waals surface area contributed by atoms with E-state index in [4.69, 9.17) is 15.2 Å². The lowest BCUT2D eigenvalue weighted by Gasteiger charge is -2.10. The quantitative estimate of drug-likeness (QED) is 0.693. The van der Waals surface area contributed by atoms with E-state index in [0.717, 1.165) is 0 Å². The van der Waals surface area contributed by atoms with Crippen molar-refractivity contribution < 1.29 is 19.1 Å². The van der Waals surface area contributed by atoms with Crippen molar-refractivity contribution in [2.45, 2.75) is 0 Å². The molecule has 1 aromatic rings. The van der Waals surface area contributed by atoms with Crippen molar-refractivity contribution >= 4 is 29.9 Å². The zero-order valence-electron chi connectivity index (χ0n) is 11.3. The maximum atomic E-state index is 11.5. The Kier molecular flexibility index (Phi) is 8.10. The van der Waals surface area contributed by atoms with Gasteiger partial charge in [-0.2, -0.15) is 0 Å². The second-order valence-corrected chi connectivity index (χ2v) is 3.60. The Balaban J connectivity index is 0.00000361. The second kappa shape index (κ2) is 9.00. The highest BCUT2D eigenvalue weighted by molar-refractivity contribution is 5.95. The fourth-order valence-electron chi connectivity index (χ4n) is 1.37. The third-order valence-electron chi connectivity index (χ3n) is 2.30. The number of hydrogen-bond donors (Lipinski definition) is 3. The van der Waals surface area contributed by atoms with E-state index in [2.05, 4.69) is 10.6 Å². The summed E-state index contributed by atoms with van der Waals surface area (Å²) in [6, 6.07) is 4.97. The van der Waals surface area contributed by atoms with Gasteiger partial charge in [-0.05, 0) is 12.1 Å². The molecule has 0 saturated carbocycles. The molecule has 1 rings (SSSR count). The highest BCUT2D eigenvalue weighted by atomic mass is 35.5. The van der Waals surface area contributed by atoms with Crippen molar-refractivity contribution in [1.29, 1.82) is 0 Å². The molecule has 112 valence electrons. The van der Waals surface area contributed by atoms with Crippen molar-refractivity contribution in [3.05, 3.63) is 18.2 Å². The second-order valence-electron chi connectivity index (χ2n) is 3.60. The van der Waals surface area contributed by atoms with Crippen LogP contribution in [0, 0.1) is 0 Å². The molecule has 0 aromatic heterocycles. The molecule has 0 fully saturated rings. The molecule has 0 aliphatic heterocycles. The fourth-order valence-corrected chi connectivity index (χ4v) is 1.37. The number of amides is 2. The van der Waals surface area contributed by atoms with Crippen LogP contribution < -0.4 is 25.8 Å². The molecule has 0 bridgehead atoms. The molecule has 4 N–H and O–H groups in total. The predicted molar refractivity (Wildman–Crippen MR) is 77.5 cm³/mol. The van der Waals surface area contributed by atoms with Gasteiger partial charge < -0.3 is 25.8 Å². The summed E-state index contributed by atoms with van der Waals surface area (Å²) in [5.74, 6) is 0.333. The molecule has 0 aliphatic rings. The molecule has 1 aromatic carbocycles. The molecule has 0 saturated heterocycles. The number of carbonyl (C=O) groups is 2. The topological polar surface area (TPSA) is 103 Å². The minimum atomic E-state index is -0.387. The SMILES string of the molecule is COc1ccc(NC(=O)CNC(=O)CN)cc1OC.Cl. The average molecular weight is 304 g/mol. The summed E-state index contributed by atoms with van der Waals surface area (Å²) in [5.41, 5.74) is 5.65. The molecule has 8 heteroatoms. The molecular formula is C12H18ClN3O4. The highest BCUT2D eigenvalue weighted by Crippen LogP contribution is 2.29. The Bertz CT molecular complexity index is 468. The van der Waals surface area contributed by atoms with Crippen LogP contribution in [0.2, 0.25) is 0 Å². The van der Waals surface area contributed by atoms with Crippen LogP contribution in [0.15, 0.2) is 18.2 Å². The van der Waals surface area contributed by atoms with Crippen molar-refractivity contribution in [2.75, 3.05) is 32.6 Å². The van der Waals surface area contributed by atoms with Gasteiger partial charge in [0.2, 0.25) is 11.8 Å². The first-order valence-electron chi connectivity index (χ1n) is 5.59. The Morgan fingerprint density at radius 2 is 1.80 bits per heavy atom. The van der Waals surface area contributed by atoms with Crippen LogP contribution in [0.4, 0.5) is 5.69 Å². The van der Waals surface area contributed by atoms with Crippen LogP contribution in [0.1, 0.15) is 0 Å². The Morgan fingerprint density at radius 1 is 1.15 bits per heavy atom. The third-order valence-corrected chi connectivity index (χ3v) is 2.30. The van der Waals surface area contributed by atoms with E-state index in [1.54, 1.807) is 18.2 Å². The maximum Gasteiger partial charge on any atom is 0.243 e. The summed E-state index contributed by atoms with van der Waals surface area (Å²) in [5, 5.41) is 4.99. The molecule has 20 heavy (non-hydrogen) atoms. The Hall–Kier alpha value is -1.99. The smallest absolute Gasteiger partial charge is 0.243 e. The van der Waals surface area contributed by atoms with E-state index in [0.29, 0.717) is 17.2 Å². The van der Waals surface area contributed by atoms with Crippen molar-refractivity contribution in [3.63, 3.8) is 0 Å². The van der Waals surface area contributed by atoms with Crippen LogP contribution in [0.3, 0.4) is 0 Å². The van der Waals surface area contributed by atoms with Gasteiger partial charge in [0.25, 0.3) is 0 Å². The minimum Gasteiger partial charge on any atom is -0.493 e. The number of nitrogens with two attached hydrogens (primary N) is 1. The van der Waals surface area contributed by atoms with Gasteiger partial charge in [0.15, 0.2) is 11.5 Å². The third kappa shape index (κ3) is 5.33. The molecule has 0 unspecified atom stereocenters. The van der Waals surface area contributed by atoms with E-state index >= 15 is 0 Å². The maximum absolute atomic E-state index is 11.5. The van der Waals surface area contributed by atoms with Crippen LogP contribution in [-0.2, 0) is 9.59 Å². The highest BCUT2D eigenvalue weighted by Gasteiger charge is 2.08. The van der Waals surface area contributed by atoms with E-state index in [1.807, 2.05) is 0 Å². The van der Waals surface area contributed by atoms with E-state index in [1.165, 1.54) is 14.2 Å². The normalized spacial score (nSPS) is 9.15. The van der Waals surface area contributed by atoms with Crippen molar-refractivity contribution in [2.24, 2.45) is 5.73 Å². The van der Waals surface area contributed by atoms with Gasteiger partial charge in [-0.3, -0.25) is 9.59 Å². The summed E-state index contributed by atoms with van der Waals surface area (Å²) in [7, 11) is 3.03. The lowest BCUT2D eigenvalue weighted by Crippen LogP contribution is -2.36. The molecular weight excluding hydrogens is 286 g/mol. The minimum absolute atomic E-state index is 0. The first kappa shape index (κ1) is 18.0. The molecule has 7 nitrogen and oxygen atoms in total. The number of anilines is 1. The van der Waals surface area contributed by atoms with E-state index in [9.17, 15) is 9.59 Å². The monoisotopic (exact) mass is 303 g/mol. The number of benzene rings is 1. The Morgan fingerprint density at radius 3 is 2.35 bits per heavy atom. The first-order valence-corrected chi connectivity index (χ1v) is 5.59. The summed E-state index contributed by atoms with van der Waals surface area (Å²) < 4.78 is 10.2. The molecule has 0 atom stereocenters. The van der Waals surface area contributed by atoms with Crippen LogP contribution in [0.25, 0.3) is 0 Å². The lowest BCUT2D eigenvalue weighted by atomic mass is 10.2.